The van der Waals surface area contributed by atoms with Crippen molar-refractivity contribution >= 4 is 22.4 Å². The van der Waals surface area contributed by atoms with Gasteiger partial charge in [0.1, 0.15) is 0 Å². The monoisotopic (exact) mass is 264 g/mol. The van der Waals surface area contributed by atoms with E-state index >= 15 is 0 Å². The Kier molecular flexibility index (Phi) is 5.96. The summed E-state index contributed by atoms with van der Waals surface area (Å²) in [5.74, 6) is 0. The second kappa shape index (κ2) is 6.20. The second-order valence-electron chi connectivity index (χ2n) is 3.57. The van der Waals surface area contributed by atoms with Crippen LogP contribution in [0.25, 0.3) is 0 Å². The lowest BCUT2D eigenvalue weighted by Gasteiger charge is -2.11. The third kappa shape index (κ3) is 4.09. The van der Waals surface area contributed by atoms with Gasteiger partial charge >= 0.3 is 0 Å². The molecule has 0 radical (unpaired) electrons. The number of benzene rings is 1. The third-order valence-electron chi connectivity index (χ3n) is 2.04. The molecule has 92 valence electrons. The average molecular weight is 265 g/mol. The molecule has 0 saturated heterocycles. The normalized spacial score (nSPS) is 12.9. The van der Waals surface area contributed by atoms with Gasteiger partial charge in [-0.1, -0.05) is 17.7 Å². The lowest BCUT2D eigenvalue weighted by atomic mass is 10.2. The zero-order valence-electron chi connectivity index (χ0n) is 9.30. The lowest BCUT2D eigenvalue weighted by molar-refractivity contribution is 0.562. The van der Waals surface area contributed by atoms with Crippen LogP contribution in [0.4, 0.5) is 0 Å². The summed E-state index contributed by atoms with van der Waals surface area (Å²) < 4.78 is 26.0. The van der Waals surface area contributed by atoms with E-state index in [9.17, 15) is 8.42 Å². The van der Waals surface area contributed by atoms with Gasteiger partial charge in [-0.25, -0.2) is 13.1 Å². The van der Waals surface area contributed by atoms with Crippen LogP contribution in [0.3, 0.4) is 0 Å². The number of nitrogens with one attached hydrogen (secondary N) is 1. The lowest BCUT2D eigenvalue weighted by Crippen LogP contribution is -2.37. The van der Waals surface area contributed by atoms with Gasteiger partial charge in [0.2, 0.25) is 10.0 Å². The van der Waals surface area contributed by atoms with Crippen molar-refractivity contribution in [3.05, 3.63) is 29.8 Å². The van der Waals surface area contributed by atoms with E-state index < -0.39 is 10.0 Å². The summed E-state index contributed by atoms with van der Waals surface area (Å²) in [6, 6.07) is 6.45. The van der Waals surface area contributed by atoms with Gasteiger partial charge in [0.25, 0.3) is 0 Å². The van der Waals surface area contributed by atoms with Crippen LogP contribution >= 0.6 is 12.4 Å². The summed E-state index contributed by atoms with van der Waals surface area (Å²) in [5.41, 5.74) is 6.38. The maximum Gasteiger partial charge on any atom is 0.240 e. The molecular formula is C10H17ClN2O2S. The number of aryl methyl sites for hydroxylation is 1. The van der Waals surface area contributed by atoms with Crippen molar-refractivity contribution in [1.82, 2.24) is 4.72 Å². The van der Waals surface area contributed by atoms with Gasteiger partial charge in [0, 0.05) is 12.6 Å². The molecule has 1 aromatic rings. The van der Waals surface area contributed by atoms with Crippen molar-refractivity contribution in [3.63, 3.8) is 0 Å². The van der Waals surface area contributed by atoms with Gasteiger partial charge in [0.15, 0.2) is 0 Å². The minimum absolute atomic E-state index is 0. The molecule has 0 aromatic heterocycles. The molecule has 0 saturated carbocycles. The quantitative estimate of drug-likeness (QED) is 0.854. The van der Waals surface area contributed by atoms with E-state index in [-0.39, 0.29) is 29.9 Å². The molecule has 16 heavy (non-hydrogen) atoms. The fourth-order valence-corrected chi connectivity index (χ4v) is 2.35. The molecule has 0 aliphatic heterocycles. The molecule has 4 nitrogen and oxygen atoms in total. The molecule has 6 heteroatoms. The summed E-state index contributed by atoms with van der Waals surface area (Å²) in [6.45, 7) is 3.92. The summed E-state index contributed by atoms with van der Waals surface area (Å²) in [7, 11) is -3.42. The van der Waals surface area contributed by atoms with Crippen molar-refractivity contribution in [3.8, 4) is 0 Å². The van der Waals surface area contributed by atoms with E-state index in [4.69, 9.17) is 5.73 Å². The van der Waals surface area contributed by atoms with Crippen molar-refractivity contribution in [2.75, 3.05) is 6.54 Å². The summed E-state index contributed by atoms with van der Waals surface area (Å²) >= 11 is 0. The Balaban J connectivity index is 0.00000225. The Morgan fingerprint density at radius 2 is 1.81 bits per heavy atom. The standard InChI is InChI=1S/C10H16N2O2S.ClH/c1-8-3-5-10(6-4-8)15(13,14)12-9(2)7-11;/h3-6,9,12H,7,11H2,1-2H3;1H/t9-;/m1./s1. The number of hydrogen-bond donors (Lipinski definition) is 2. The van der Waals surface area contributed by atoms with Crippen molar-refractivity contribution < 1.29 is 8.42 Å². The van der Waals surface area contributed by atoms with E-state index in [1.807, 2.05) is 6.92 Å². The molecule has 0 spiro atoms. The van der Waals surface area contributed by atoms with Crippen LogP contribution in [-0.2, 0) is 10.0 Å². The van der Waals surface area contributed by atoms with E-state index in [1.54, 1.807) is 31.2 Å². The smallest absolute Gasteiger partial charge is 0.240 e. The average Bonchev–Trinajstić information content (AvgIpc) is 2.17. The van der Waals surface area contributed by atoms with E-state index in [2.05, 4.69) is 4.72 Å². The molecular weight excluding hydrogens is 248 g/mol. The zero-order valence-corrected chi connectivity index (χ0v) is 10.9. The van der Waals surface area contributed by atoms with Crippen LogP contribution in [0.1, 0.15) is 12.5 Å². The first-order valence-corrected chi connectivity index (χ1v) is 6.23. The molecule has 0 fully saturated rings. The van der Waals surface area contributed by atoms with Gasteiger partial charge < -0.3 is 5.73 Å². The highest BCUT2D eigenvalue weighted by atomic mass is 35.5. The molecule has 1 atom stereocenters. The molecule has 0 bridgehead atoms. The predicted molar refractivity (Wildman–Crippen MR) is 67.3 cm³/mol. The fourth-order valence-electron chi connectivity index (χ4n) is 1.10. The van der Waals surface area contributed by atoms with Crippen LogP contribution < -0.4 is 10.5 Å². The number of rotatable bonds is 4. The number of nitrogens with two attached hydrogens (primary N) is 1. The Labute approximate surface area is 103 Å². The molecule has 0 aliphatic rings. The highest BCUT2D eigenvalue weighted by molar-refractivity contribution is 7.89. The Morgan fingerprint density at radius 1 is 1.31 bits per heavy atom. The predicted octanol–water partition coefficient (Wildman–Crippen LogP) is 1.04. The van der Waals surface area contributed by atoms with Crippen LogP contribution in [0, 0.1) is 6.92 Å². The SMILES string of the molecule is Cc1ccc(S(=O)(=O)N[C@H](C)CN)cc1.Cl. The zero-order chi connectivity index (χ0) is 11.5. The minimum atomic E-state index is -3.42. The van der Waals surface area contributed by atoms with E-state index in [0.29, 0.717) is 0 Å². The van der Waals surface area contributed by atoms with Crippen LogP contribution in [0.15, 0.2) is 29.2 Å². The Bertz CT molecular complexity index is 417. The largest absolute Gasteiger partial charge is 0.329 e. The topological polar surface area (TPSA) is 72.2 Å². The molecule has 1 rings (SSSR count). The van der Waals surface area contributed by atoms with E-state index in [0.717, 1.165) is 5.56 Å². The second-order valence-corrected chi connectivity index (χ2v) is 5.29. The Hall–Kier alpha value is -0.620. The molecule has 0 amide bonds. The third-order valence-corrected chi connectivity index (χ3v) is 3.65. The summed E-state index contributed by atoms with van der Waals surface area (Å²) in [4.78, 5) is 0.272. The maximum absolute atomic E-state index is 11.7. The summed E-state index contributed by atoms with van der Waals surface area (Å²) in [6.07, 6.45) is 0. The van der Waals surface area contributed by atoms with Crippen LogP contribution in [0.5, 0.6) is 0 Å². The molecule has 0 heterocycles. The van der Waals surface area contributed by atoms with Gasteiger partial charge in [-0.2, -0.15) is 0 Å². The van der Waals surface area contributed by atoms with Gasteiger partial charge in [0.05, 0.1) is 4.90 Å². The van der Waals surface area contributed by atoms with Crippen molar-refractivity contribution in [1.29, 1.82) is 0 Å². The van der Waals surface area contributed by atoms with Crippen LogP contribution in [-0.4, -0.2) is 21.0 Å². The highest BCUT2D eigenvalue weighted by Crippen LogP contribution is 2.10. The molecule has 0 unspecified atom stereocenters. The van der Waals surface area contributed by atoms with Crippen LogP contribution in [0.2, 0.25) is 0 Å². The summed E-state index contributed by atoms with van der Waals surface area (Å²) in [5, 5.41) is 0. The Morgan fingerprint density at radius 3 is 2.25 bits per heavy atom. The van der Waals surface area contributed by atoms with Gasteiger partial charge in [-0.3, -0.25) is 0 Å². The first kappa shape index (κ1) is 15.4. The molecule has 1 aromatic carbocycles. The van der Waals surface area contributed by atoms with E-state index in [1.165, 1.54) is 0 Å². The molecule has 0 aliphatic carbocycles. The fraction of sp³-hybridized carbons (Fsp3) is 0.400. The highest BCUT2D eigenvalue weighted by Gasteiger charge is 2.15. The maximum atomic E-state index is 11.7. The number of hydrogen-bond acceptors (Lipinski definition) is 3. The number of halogens is 1. The minimum Gasteiger partial charge on any atom is -0.329 e. The van der Waals surface area contributed by atoms with Gasteiger partial charge in [-0.15, -0.1) is 12.4 Å². The first-order chi connectivity index (χ1) is 6.95. The van der Waals surface area contributed by atoms with Crippen molar-refractivity contribution in [2.45, 2.75) is 24.8 Å². The van der Waals surface area contributed by atoms with Gasteiger partial charge in [-0.05, 0) is 26.0 Å². The number of sulfonamides is 1. The molecule has 3 N–H and O–H groups in total. The van der Waals surface area contributed by atoms with Crippen molar-refractivity contribution in [2.24, 2.45) is 5.73 Å². The first-order valence-electron chi connectivity index (χ1n) is 4.75.